The van der Waals surface area contributed by atoms with Crippen LogP contribution in [0.3, 0.4) is 0 Å². The molecular formula is C25H23N3O2S. The number of para-hydroxylation sites is 1. The average molecular weight is 430 g/mol. The summed E-state index contributed by atoms with van der Waals surface area (Å²) in [5.41, 5.74) is 1.99. The Bertz CT molecular complexity index is 1270. The van der Waals surface area contributed by atoms with Gasteiger partial charge in [0.15, 0.2) is 5.78 Å². The van der Waals surface area contributed by atoms with E-state index in [1.54, 1.807) is 16.7 Å². The number of thiophene rings is 1. The smallest absolute Gasteiger partial charge is 0.256 e. The van der Waals surface area contributed by atoms with Crippen LogP contribution in [0.25, 0.3) is 15.9 Å². The minimum atomic E-state index is -0.105. The molecule has 5 rings (SSSR count). The lowest BCUT2D eigenvalue weighted by Crippen LogP contribution is -2.35. The summed E-state index contributed by atoms with van der Waals surface area (Å²) in [6.07, 6.45) is 2.00. The van der Waals surface area contributed by atoms with Crippen LogP contribution in [-0.4, -0.2) is 29.5 Å². The van der Waals surface area contributed by atoms with Crippen molar-refractivity contribution in [2.45, 2.75) is 18.9 Å². The summed E-state index contributed by atoms with van der Waals surface area (Å²) in [5, 5.41) is 8.65. The van der Waals surface area contributed by atoms with Crippen LogP contribution in [0.5, 0.6) is 0 Å². The molecule has 2 aromatic carbocycles. The molecule has 0 spiro atoms. The number of nitrogens with zero attached hydrogens (tertiary/aromatic N) is 1. The Morgan fingerprint density at radius 3 is 2.32 bits per heavy atom. The highest BCUT2D eigenvalue weighted by molar-refractivity contribution is 7.23. The van der Waals surface area contributed by atoms with Gasteiger partial charge in [0.05, 0.1) is 11.3 Å². The second-order valence-electron chi connectivity index (χ2n) is 7.73. The van der Waals surface area contributed by atoms with Gasteiger partial charge in [-0.3, -0.25) is 14.2 Å². The van der Waals surface area contributed by atoms with E-state index in [2.05, 4.69) is 10.6 Å². The summed E-state index contributed by atoms with van der Waals surface area (Å²) in [7, 11) is 0. The van der Waals surface area contributed by atoms with E-state index >= 15 is 0 Å². The number of nitrogens with one attached hydrogen (secondary N) is 2. The quantitative estimate of drug-likeness (QED) is 0.460. The predicted octanol–water partition coefficient (Wildman–Crippen LogP) is 4.45. The number of anilines is 1. The molecule has 2 aromatic heterocycles. The summed E-state index contributed by atoms with van der Waals surface area (Å²) < 4.78 is 1.70. The molecule has 0 saturated carbocycles. The SMILES string of the molecule is O=C(c1ccccc1)c1c(NC2CCNCC2)sc2c1ccc(=O)n2-c1ccccc1. The third kappa shape index (κ3) is 3.80. The lowest BCUT2D eigenvalue weighted by molar-refractivity contribution is 0.104. The van der Waals surface area contributed by atoms with Crippen molar-refractivity contribution >= 4 is 32.3 Å². The minimum absolute atomic E-state index is 0.0263. The molecule has 0 bridgehead atoms. The van der Waals surface area contributed by atoms with Crippen LogP contribution >= 0.6 is 11.3 Å². The summed E-state index contributed by atoms with van der Waals surface area (Å²) in [6.45, 7) is 1.92. The highest BCUT2D eigenvalue weighted by Gasteiger charge is 2.25. The number of aromatic nitrogens is 1. The monoisotopic (exact) mass is 429 g/mol. The van der Waals surface area contributed by atoms with E-state index in [-0.39, 0.29) is 11.3 Å². The number of benzene rings is 2. The number of fused-ring (bicyclic) bond motifs is 1. The highest BCUT2D eigenvalue weighted by atomic mass is 32.1. The molecule has 1 saturated heterocycles. The van der Waals surface area contributed by atoms with Crippen molar-refractivity contribution in [1.82, 2.24) is 9.88 Å². The Balaban J connectivity index is 1.71. The van der Waals surface area contributed by atoms with E-state index in [1.807, 2.05) is 60.7 Å². The van der Waals surface area contributed by atoms with Gasteiger partial charge < -0.3 is 10.6 Å². The van der Waals surface area contributed by atoms with Crippen molar-refractivity contribution in [3.05, 3.63) is 94.3 Å². The standard InChI is InChI=1S/C25H23N3O2S/c29-21-12-11-20-22(23(30)17-7-3-1-4-8-17)24(27-18-13-15-26-16-14-18)31-25(20)28(21)19-9-5-2-6-10-19/h1-12,18,26-27H,13-16H2. The molecule has 0 aliphatic carbocycles. The van der Waals surface area contributed by atoms with Crippen LogP contribution in [0.4, 0.5) is 5.00 Å². The maximum atomic E-state index is 13.6. The molecule has 4 aromatic rings. The van der Waals surface area contributed by atoms with Crippen LogP contribution in [-0.2, 0) is 0 Å². The minimum Gasteiger partial charge on any atom is -0.373 e. The maximum absolute atomic E-state index is 13.6. The first-order valence-electron chi connectivity index (χ1n) is 10.5. The molecule has 0 radical (unpaired) electrons. The van der Waals surface area contributed by atoms with Gasteiger partial charge in [0.2, 0.25) is 0 Å². The number of carbonyl (C=O) groups is 1. The van der Waals surface area contributed by atoms with Gasteiger partial charge in [-0.05, 0) is 44.1 Å². The highest BCUT2D eigenvalue weighted by Crippen LogP contribution is 2.38. The van der Waals surface area contributed by atoms with E-state index in [4.69, 9.17) is 0 Å². The number of hydrogen-bond donors (Lipinski definition) is 2. The number of ketones is 1. The molecule has 31 heavy (non-hydrogen) atoms. The van der Waals surface area contributed by atoms with Gasteiger partial charge in [-0.1, -0.05) is 59.9 Å². The zero-order valence-electron chi connectivity index (χ0n) is 17.0. The average Bonchev–Trinajstić information content (AvgIpc) is 3.18. The lowest BCUT2D eigenvalue weighted by Gasteiger charge is -2.24. The predicted molar refractivity (Wildman–Crippen MR) is 127 cm³/mol. The van der Waals surface area contributed by atoms with E-state index in [1.165, 1.54) is 11.3 Å². The van der Waals surface area contributed by atoms with E-state index in [0.29, 0.717) is 17.2 Å². The molecular weight excluding hydrogens is 406 g/mol. The van der Waals surface area contributed by atoms with Crippen LogP contribution in [0.2, 0.25) is 0 Å². The van der Waals surface area contributed by atoms with Crippen molar-refractivity contribution in [3.8, 4) is 5.69 Å². The molecule has 0 atom stereocenters. The fourth-order valence-corrected chi connectivity index (χ4v) is 5.41. The molecule has 1 aliphatic rings. The van der Waals surface area contributed by atoms with E-state index in [9.17, 15) is 9.59 Å². The molecule has 0 unspecified atom stereocenters. The second kappa shape index (κ2) is 8.49. The van der Waals surface area contributed by atoms with Crippen LogP contribution in [0, 0.1) is 0 Å². The zero-order valence-corrected chi connectivity index (χ0v) is 17.8. The molecule has 2 N–H and O–H groups in total. The number of rotatable bonds is 5. The third-order valence-corrected chi connectivity index (χ3v) is 6.82. The molecule has 1 fully saturated rings. The van der Waals surface area contributed by atoms with Gasteiger partial charge in [0.25, 0.3) is 5.56 Å². The molecule has 156 valence electrons. The van der Waals surface area contributed by atoms with Crippen LogP contribution in [0.1, 0.15) is 28.8 Å². The zero-order chi connectivity index (χ0) is 21.2. The first-order valence-corrected chi connectivity index (χ1v) is 11.3. The Labute approximate surface area is 184 Å². The van der Waals surface area contributed by atoms with Gasteiger partial charge in [-0.2, -0.15) is 0 Å². The first kappa shape index (κ1) is 19.7. The Morgan fingerprint density at radius 2 is 1.61 bits per heavy atom. The Morgan fingerprint density at radius 1 is 0.935 bits per heavy atom. The normalized spacial score (nSPS) is 14.6. The number of carbonyl (C=O) groups excluding carboxylic acids is 1. The van der Waals surface area contributed by atoms with Crippen molar-refractivity contribution in [2.24, 2.45) is 0 Å². The third-order valence-electron chi connectivity index (χ3n) is 5.69. The number of pyridine rings is 1. The fraction of sp³-hybridized carbons (Fsp3) is 0.200. The molecule has 6 heteroatoms. The van der Waals surface area contributed by atoms with Gasteiger partial charge in [-0.25, -0.2) is 0 Å². The van der Waals surface area contributed by atoms with Crippen molar-refractivity contribution in [2.75, 3.05) is 18.4 Å². The summed E-state index contributed by atoms with van der Waals surface area (Å²) in [6, 6.07) is 22.6. The van der Waals surface area contributed by atoms with Gasteiger partial charge >= 0.3 is 0 Å². The van der Waals surface area contributed by atoms with Crippen LogP contribution in [0.15, 0.2) is 77.6 Å². The van der Waals surface area contributed by atoms with E-state index in [0.717, 1.165) is 46.8 Å². The Kier molecular flexibility index (Phi) is 5.40. The Hall–Kier alpha value is -3.22. The van der Waals surface area contributed by atoms with Gasteiger partial charge in [0.1, 0.15) is 9.83 Å². The lowest BCUT2D eigenvalue weighted by atomic mass is 10.0. The topological polar surface area (TPSA) is 63.1 Å². The van der Waals surface area contributed by atoms with Crippen molar-refractivity contribution in [3.63, 3.8) is 0 Å². The number of piperidine rings is 1. The van der Waals surface area contributed by atoms with E-state index < -0.39 is 0 Å². The maximum Gasteiger partial charge on any atom is 0.256 e. The van der Waals surface area contributed by atoms with Gasteiger partial charge in [-0.15, -0.1) is 0 Å². The summed E-state index contributed by atoms with van der Waals surface area (Å²) >= 11 is 1.49. The fourth-order valence-electron chi connectivity index (χ4n) is 4.12. The summed E-state index contributed by atoms with van der Waals surface area (Å²) in [4.78, 5) is 27.2. The van der Waals surface area contributed by atoms with Crippen molar-refractivity contribution in [1.29, 1.82) is 0 Å². The molecule has 3 heterocycles. The van der Waals surface area contributed by atoms with Gasteiger partial charge in [0, 0.05) is 23.1 Å². The molecule has 0 amide bonds. The first-order chi connectivity index (χ1) is 15.2. The largest absolute Gasteiger partial charge is 0.373 e. The second-order valence-corrected chi connectivity index (χ2v) is 8.73. The number of hydrogen-bond acceptors (Lipinski definition) is 5. The molecule has 1 aliphatic heterocycles. The van der Waals surface area contributed by atoms with Crippen molar-refractivity contribution < 1.29 is 4.79 Å². The summed E-state index contributed by atoms with van der Waals surface area (Å²) in [5.74, 6) is -0.0263. The molecule has 5 nitrogen and oxygen atoms in total. The van der Waals surface area contributed by atoms with Crippen LogP contribution < -0.4 is 16.2 Å².